The van der Waals surface area contributed by atoms with E-state index >= 15 is 0 Å². The third kappa shape index (κ3) is 1.48. The maximum atomic E-state index is 12.2. The van der Waals surface area contributed by atoms with E-state index in [1.807, 2.05) is 0 Å². The van der Waals surface area contributed by atoms with Gasteiger partial charge in [0.2, 0.25) is 5.78 Å². The van der Waals surface area contributed by atoms with Crippen LogP contribution >= 0.6 is 0 Å². The van der Waals surface area contributed by atoms with Crippen molar-refractivity contribution in [1.29, 1.82) is 0 Å². The van der Waals surface area contributed by atoms with Crippen LogP contribution < -0.4 is 4.74 Å². The number of methoxy groups -OCH3 is 1. The second-order valence-electron chi connectivity index (χ2n) is 3.40. The fourth-order valence-electron chi connectivity index (χ4n) is 1.52. The van der Waals surface area contributed by atoms with Gasteiger partial charge in [-0.3, -0.25) is 9.48 Å². The molecule has 2 heterocycles. The number of imidazole rings is 1. The fraction of sp³-hybridized carbons (Fsp3) is 0.300. The predicted octanol–water partition coefficient (Wildman–Crippen LogP) is 0.393. The Balaban J connectivity index is 2.49. The van der Waals surface area contributed by atoms with E-state index in [-0.39, 0.29) is 5.78 Å². The Hall–Kier alpha value is -2.11. The highest BCUT2D eigenvalue weighted by Gasteiger charge is 2.21. The molecule has 2 rings (SSSR count). The first-order valence-corrected chi connectivity index (χ1v) is 4.72. The van der Waals surface area contributed by atoms with Crippen LogP contribution in [-0.2, 0) is 14.1 Å². The van der Waals surface area contributed by atoms with Crippen LogP contribution in [0.15, 0.2) is 18.7 Å². The van der Waals surface area contributed by atoms with Gasteiger partial charge in [-0.15, -0.1) is 0 Å². The van der Waals surface area contributed by atoms with Gasteiger partial charge in [0, 0.05) is 14.1 Å². The minimum absolute atomic E-state index is 0.156. The lowest BCUT2D eigenvalue weighted by Crippen LogP contribution is -2.12. The number of aryl methyl sites for hydroxylation is 2. The molecule has 0 spiro atoms. The average Bonchev–Trinajstić information content (AvgIpc) is 2.83. The molecule has 0 bridgehead atoms. The van der Waals surface area contributed by atoms with E-state index in [2.05, 4.69) is 10.1 Å². The summed E-state index contributed by atoms with van der Waals surface area (Å²) in [4.78, 5) is 16.1. The van der Waals surface area contributed by atoms with Crippen LogP contribution in [0, 0.1) is 0 Å². The molecule has 0 atom stereocenters. The molecule has 0 saturated carbocycles. The first kappa shape index (κ1) is 10.4. The van der Waals surface area contributed by atoms with Gasteiger partial charge in [0.1, 0.15) is 5.69 Å². The van der Waals surface area contributed by atoms with E-state index in [1.165, 1.54) is 24.2 Å². The molecular weight excluding hydrogens is 208 g/mol. The smallest absolute Gasteiger partial charge is 0.232 e. The van der Waals surface area contributed by atoms with Crippen molar-refractivity contribution in [3.05, 3.63) is 30.1 Å². The second kappa shape index (κ2) is 3.80. The van der Waals surface area contributed by atoms with Gasteiger partial charge in [0.25, 0.3) is 0 Å². The van der Waals surface area contributed by atoms with Crippen LogP contribution in [0.5, 0.6) is 5.75 Å². The molecule has 0 aliphatic heterocycles. The summed E-state index contributed by atoms with van der Waals surface area (Å²) in [6, 6.07) is 0. The summed E-state index contributed by atoms with van der Waals surface area (Å²) in [7, 11) is 4.98. The molecule has 2 aromatic heterocycles. The largest absolute Gasteiger partial charge is 0.493 e. The van der Waals surface area contributed by atoms with Gasteiger partial charge in [-0.1, -0.05) is 0 Å². The summed E-state index contributed by atoms with van der Waals surface area (Å²) in [6.45, 7) is 0. The monoisotopic (exact) mass is 220 g/mol. The maximum Gasteiger partial charge on any atom is 0.232 e. The van der Waals surface area contributed by atoms with Crippen molar-refractivity contribution in [2.24, 2.45) is 14.1 Å². The van der Waals surface area contributed by atoms with Crippen molar-refractivity contribution in [2.75, 3.05) is 7.11 Å². The van der Waals surface area contributed by atoms with Gasteiger partial charge in [-0.05, 0) is 0 Å². The Bertz CT molecular complexity index is 527. The molecule has 0 unspecified atom stereocenters. The highest BCUT2D eigenvalue weighted by atomic mass is 16.5. The van der Waals surface area contributed by atoms with E-state index in [4.69, 9.17) is 4.74 Å². The number of rotatable bonds is 3. The zero-order chi connectivity index (χ0) is 11.7. The van der Waals surface area contributed by atoms with Crippen LogP contribution in [0.1, 0.15) is 16.2 Å². The van der Waals surface area contributed by atoms with Crippen molar-refractivity contribution >= 4 is 5.78 Å². The molecule has 0 amide bonds. The number of ketones is 1. The molecule has 0 aliphatic carbocycles. The molecule has 0 saturated heterocycles. The van der Waals surface area contributed by atoms with Gasteiger partial charge in [-0.25, -0.2) is 4.98 Å². The third-order valence-corrected chi connectivity index (χ3v) is 2.39. The SMILES string of the molecule is COc1cnn(C)c1C(=O)c1cncn1C. The summed E-state index contributed by atoms with van der Waals surface area (Å²) < 4.78 is 8.25. The van der Waals surface area contributed by atoms with Crippen molar-refractivity contribution in [1.82, 2.24) is 19.3 Å². The summed E-state index contributed by atoms with van der Waals surface area (Å²) in [5.74, 6) is 0.311. The predicted molar refractivity (Wildman–Crippen MR) is 56.4 cm³/mol. The number of ether oxygens (including phenoxy) is 1. The molecule has 16 heavy (non-hydrogen) atoms. The Morgan fingerprint density at radius 3 is 2.69 bits per heavy atom. The molecular formula is C10H12N4O2. The standard InChI is InChI=1S/C10H12N4O2/c1-13-6-11-4-7(13)10(15)9-8(16-3)5-12-14(9)2/h4-6H,1-3H3. The van der Waals surface area contributed by atoms with Gasteiger partial charge in [-0.2, -0.15) is 5.10 Å². The van der Waals surface area contributed by atoms with Crippen LogP contribution in [0.25, 0.3) is 0 Å². The molecule has 0 fully saturated rings. The van der Waals surface area contributed by atoms with Crippen LogP contribution in [0.3, 0.4) is 0 Å². The Morgan fingerprint density at radius 2 is 2.12 bits per heavy atom. The number of hydrogen-bond acceptors (Lipinski definition) is 4. The minimum Gasteiger partial charge on any atom is -0.493 e. The topological polar surface area (TPSA) is 61.9 Å². The molecule has 0 aromatic carbocycles. The summed E-state index contributed by atoms with van der Waals surface area (Å²) in [6.07, 6.45) is 4.62. The number of nitrogens with zero attached hydrogens (tertiary/aromatic N) is 4. The van der Waals surface area contributed by atoms with Gasteiger partial charge in [0.05, 0.1) is 25.8 Å². The fourth-order valence-corrected chi connectivity index (χ4v) is 1.52. The number of carbonyl (C=O) groups is 1. The molecule has 6 heteroatoms. The van der Waals surface area contributed by atoms with Gasteiger partial charge in [0.15, 0.2) is 11.4 Å². The zero-order valence-electron chi connectivity index (χ0n) is 9.34. The summed E-state index contributed by atoms with van der Waals surface area (Å²) in [5.41, 5.74) is 0.924. The minimum atomic E-state index is -0.156. The molecule has 0 radical (unpaired) electrons. The van der Waals surface area contributed by atoms with E-state index in [1.54, 1.807) is 25.0 Å². The van der Waals surface area contributed by atoms with Crippen molar-refractivity contribution in [3.63, 3.8) is 0 Å². The lowest BCUT2D eigenvalue weighted by Gasteiger charge is -2.04. The zero-order valence-corrected chi connectivity index (χ0v) is 9.34. The normalized spacial score (nSPS) is 10.4. The highest BCUT2D eigenvalue weighted by Crippen LogP contribution is 2.19. The van der Waals surface area contributed by atoms with Crippen LogP contribution in [0.4, 0.5) is 0 Å². The Kier molecular flexibility index (Phi) is 2.47. The summed E-state index contributed by atoms with van der Waals surface area (Å²) in [5, 5.41) is 3.99. The number of carbonyl (C=O) groups excluding carboxylic acids is 1. The summed E-state index contributed by atoms with van der Waals surface area (Å²) >= 11 is 0. The van der Waals surface area contributed by atoms with Gasteiger partial charge < -0.3 is 9.30 Å². The Labute approximate surface area is 92.5 Å². The van der Waals surface area contributed by atoms with E-state index in [0.717, 1.165) is 0 Å². The van der Waals surface area contributed by atoms with Crippen molar-refractivity contribution in [2.45, 2.75) is 0 Å². The second-order valence-corrected chi connectivity index (χ2v) is 3.40. The van der Waals surface area contributed by atoms with Crippen LogP contribution in [0.2, 0.25) is 0 Å². The molecule has 0 aliphatic rings. The highest BCUT2D eigenvalue weighted by molar-refractivity contribution is 6.08. The molecule has 2 aromatic rings. The molecule has 84 valence electrons. The van der Waals surface area contributed by atoms with Gasteiger partial charge >= 0.3 is 0 Å². The number of aromatic nitrogens is 4. The average molecular weight is 220 g/mol. The van der Waals surface area contributed by atoms with E-state index in [9.17, 15) is 4.79 Å². The Morgan fingerprint density at radius 1 is 1.38 bits per heavy atom. The van der Waals surface area contributed by atoms with Crippen molar-refractivity contribution < 1.29 is 9.53 Å². The van der Waals surface area contributed by atoms with Crippen molar-refractivity contribution in [3.8, 4) is 5.75 Å². The lowest BCUT2D eigenvalue weighted by molar-refractivity contribution is 0.102. The first-order chi connectivity index (χ1) is 7.65. The van der Waals surface area contributed by atoms with E-state index in [0.29, 0.717) is 17.1 Å². The maximum absolute atomic E-state index is 12.2. The van der Waals surface area contributed by atoms with Crippen LogP contribution in [-0.4, -0.2) is 32.2 Å². The quantitative estimate of drug-likeness (QED) is 0.702. The molecule has 0 N–H and O–H groups in total. The molecule has 6 nitrogen and oxygen atoms in total. The lowest BCUT2D eigenvalue weighted by atomic mass is 10.2. The third-order valence-electron chi connectivity index (χ3n) is 2.39. The first-order valence-electron chi connectivity index (χ1n) is 4.72. The van der Waals surface area contributed by atoms with E-state index < -0.39 is 0 Å². The number of hydrogen-bond donors (Lipinski definition) is 0.